The molecular formula is C10H9FS2. The third kappa shape index (κ3) is 1.71. The van der Waals surface area contributed by atoms with Gasteiger partial charge >= 0.3 is 0 Å². The van der Waals surface area contributed by atoms with Gasteiger partial charge < -0.3 is 0 Å². The maximum atomic E-state index is 12.8. The quantitative estimate of drug-likeness (QED) is 0.727. The normalized spacial score (nSPS) is 10.9. The Morgan fingerprint density at radius 3 is 3.08 bits per heavy atom. The van der Waals surface area contributed by atoms with E-state index < -0.39 is 0 Å². The van der Waals surface area contributed by atoms with Gasteiger partial charge in [0.1, 0.15) is 5.82 Å². The lowest BCUT2D eigenvalue weighted by atomic mass is 10.2. The summed E-state index contributed by atoms with van der Waals surface area (Å²) in [4.78, 5) is 0. The second-order valence-corrected chi connectivity index (χ2v) is 4.61. The average Bonchev–Trinajstić information content (AvgIpc) is 2.49. The third-order valence-corrected chi connectivity index (χ3v) is 3.51. The first kappa shape index (κ1) is 9.03. The number of fused-ring (bicyclic) bond motifs is 1. The summed E-state index contributed by atoms with van der Waals surface area (Å²) < 4.78 is 13.9. The second kappa shape index (κ2) is 3.68. The number of thioether (sulfide) groups is 1. The highest BCUT2D eigenvalue weighted by Crippen LogP contribution is 2.28. The molecule has 13 heavy (non-hydrogen) atoms. The molecule has 1 heterocycles. The van der Waals surface area contributed by atoms with Crippen molar-refractivity contribution in [2.75, 3.05) is 6.26 Å². The molecular weight excluding hydrogens is 203 g/mol. The zero-order valence-electron chi connectivity index (χ0n) is 7.21. The van der Waals surface area contributed by atoms with Crippen LogP contribution in [0.15, 0.2) is 23.6 Å². The number of rotatable bonds is 2. The summed E-state index contributed by atoms with van der Waals surface area (Å²) in [5.74, 6) is 0.857. The van der Waals surface area contributed by atoms with E-state index in [0.29, 0.717) is 0 Å². The van der Waals surface area contributed by atoms with Gasteiger partial charge in [0.2, 0.25) is 0 Å². The lowest BCUT2D eigenvalue weighted by Gasteiger charge is -1.95. The summed E-state index contributed by atoms with van der Waals surface area (Å²) in [6, 6.07) is 5.00. The van der Waals surface area contributed by atoms with Crippen molar-refractivity contribution in [1.29, 1.82) is 0 Å². The molecule has 0 spiro atoms. The molecule has 0 bridgehead atoms. The minimum atomic E-state index is -0.148. The van der Waals surface area contributed by atoms with E-state index in [2.05, 4.69) is 11.6 Å². The number of hydrogen-bond donors (Lipinski definition) is 0. The van der Waals surface area contributed by atoms with Crippen LogP contribution in [0.1, 0.15) is 5.56 Å². The smallest absolute Gasteiger partial charge is 0.124 e. The highest BCUT2D eigenvalue weighted by Gasteiger charge is 2.03. The van der Waals surface area contributed by atoms with Crippen molar-refractivity contribution < 1.29 is 4.39 Å². The van der Waals surface area contributed by atoms with E-state index in [9.17, 15) is 4.39 Å². The number of thiophene rings is 1. The van der Waals surface area contributed by atoms with Gasteiger partial charge in [-0.25, -0.2) is 4.39 Å². The van der Waals surface area contributed by atoms with E-state index in [-0.39, 0.29) is 5.82 Å². The van der Waals surface area contributed by atoms with E-state index in [0.717, 1.165) is 10.5 Å². The number of benzene rings is 1. The molecule has 1 aromatic carbocycles. The van der Waals surface area contributed by atoms with Crippen LogP contribution in [0.5, 0.6) is 0 Å². The van der Waals surface area contributed by atoms with Crippen molar-refractivity contribution in [2.24, 2.45) is 0 Å². The highest BCUT2D eigenvalue weighted by molar-refractivity contribution is 7.97. The van der Waals surface area contributed by atoms with Crippen LogP contribution < -0.4 is 0 Å². The van der Waals surface area contributed by atoms with Crippen molar-refractivity contribution in [3.8, 4) is 0 Å². The molecule has 0 N–H and O–H groups in total. The van der Waals surface area contributed by atoms with Gasteiger partial charge in [-0.3, -0.25) is 0 Å². The molecule has 0 atom stereocenters. The molecule has 0 aliphatic heterocycles. The Bertz CT molecular complexity index is 420. The van der Waals surface area contributed by atoms with Crippen molar-refractivity contribution in [2.45, 2.75) is 5.75 Å². The van der Waals surface area contributed by atoms with Crippen LogP contribution in [-0.4, -0.2) is 6.26 Å². The Hall–Kier alpha value is -0.540. The van der Waals surface area contributed by atoms with Gasteiger partial charge in [-0.15, -0.1) is 11.3 Å². The topological polar surface area (TPSA) is 0 Å². The molecule has 0 saturated heterocycles. The van der Waals surface area contributed by atoms with Crippen molar-refractivity contribution in [3.63, 3.8) is 0 Å². The lowest BCUT2D eigenvalue weighted by Crippen LogP contribution is -1.76. The molecule has 0 nitrogen and oxygen atoms in total. The van der Waals surface area contributed by atoms with Gasteiger partial charge in [-0.1, -0.05) is 6.07 Å². The van der Waals surface area contributed by atoms with Gasteiger partial charge in [0.05, 0.1) is 0 Å². The largest absolute Gasteiger partial charge is 0.207 e. The molecule has 3 heteroatoms. The van der Waals surface area contributed by atoms with E-state index in [1.165, 1.54) is 17.0 Å². The van der Waals surface area contributed by atoms with Crippen molar-refractivity contribution in [1.82, 2.24) is 0 Å². The van der Waals surface area contributed by atoms with Gasteiger partial charge in [0, 0.05) is 10.5 Å². The minimum absolute atomic E-state index is 0.148. The van der Waals surface area contributed by atoms with Gasteiger partial charge in [-0.05, 0) is 34.7 Å². The first-order valence-electron chi connectivity index (χ1n) is 3.96. The molecule has 0 saturated carbocycles. The third-order valence-electron chi connectivity index (χ3n) is 1.92. The Morgan fingerprint density at radius 2 is 2.31 bits per heavy atom. The van der Waals surface area contributed by atoms with Gasteiger partial charge in [0.15, 0.2) is 0 Å². The van der Waals surface area contributed by atoms with Crippen LogP contribution in [0.3, 0.4) is 0 Å². The molecule has 1 aromatic heterocycles. The standard InChI is InChI=1S/C10H9FS2/c1-12-5-7-6-13-10-4-8(11)2-3-9(7)10/h2-4,6H,5H2,1H3. The molecule has 0 radical (unpaired) electrons. The van der Waals surface area contributed by atoms with Gasteiger partial charge in [-0.2, -0.15) is 11.8 Å². The zero-order chi connectivity index (χ0) is 9.26. The summed E-state index contributed by atoms with van der Waals surface area (Å²) in [7, 11) is 0. The van der Waals surface area contributed by atoms with Crippen LogP contribution in [0.4, 0.5) is 4.39 Å². The lowest BCUT2D eigenvalue weighted by molar-refractivity contribution is 0.630. The molecule has 0 fully saturated rings. The van der Waals surface area contributed by atoms with Gasteiger partial charge in [0.25, 0.3) is 0 Å². The predicted molar refractivity (Wildman–Crippen MR) is 59.0 cm³/mol. The molecule has 0 aliphatic rings. The highest BCUT2D eigenvalue weighted by atomic mass is 32.2. The summed E-state index contributed by atoms with van der Waals surface area (Å²) in [5, 5.41) is 3.31. The van der Waals surface area contributed by atoms with E-state index >= 15 is 0 Å². The average molecular weight is 212 g/mol. The second-order valence-electron chi connectivity index (χ2n) is 2.83. The SMILES string of the molecule is CSCc1csc2cc(F)ccc12. The fraction of sp³-hybridized carbons (Fsp3) is 0.200. The Kier molecular flexibility index (Phi) is 2.56. The molecule has 0 amide bonds. The van der Waals surface area contributed by atoms with Crippen molar-refractivity contribution in [3.05, 3.63) is 35.0 Å². The minimum Gasteiger partial charge on any atom is -0.207 e. The van der Waals surface area contributed by atoms with Crippen LogP contribution in [0.2, 0.25) is 0 Å². The summed E-state index contributed by atoms with van der Waals surface area (Å²) >= 11 is 3.41. The zero-order valence-corrected chi connectivity index (χ0v) is 8.84. The monoisotopic (exact) mass is 212 g/mol. The van der Waals surface area contributed by atoms with Crippen LogP contribution in [0, 0.1) is 5.82 Å². The molecule has 0 aliphatic carbocycles. The molecule has 68 valence electrons. The van der Waals surface area contributed by atoms with E-state index in [1.54, 1.807) is 29.2 Å². The predicted octanol–water partition coefficient (Wildman–Crippen LogP) is 3.90. The fourth-order valence-corrected chi connectivity index (χ4v) is 2.97. The first-order valence-corrected chi connectivity index (χ1v) is 6.23. The molecule has 2 rings (SSSR count). The van der Waals surface area contributed by atoms with Crippen LogP contribution in [-0.2, 0) is 5.75 Å². The molecule has 2 aromatic rings. The maximum absolute atomic E-state index is 12.8. The summed E-state index contributed by atoms with van der Waals surface area (Å²) in [6.07, 6.45) is 2.08. The first-order chi connectivity index (χ1) is 6.31. The van der Waals surface area contributed by atoms with E-state index in [1.807, 2.05) is 6.07 Å². The van der Waals surface area contributed by atoms with Crippen LogP contribution >= 0.6 is 23.1 Å². The number of hydrogen-bond acceptors (Lipinski definition) is 2. The van der Waals surface area contributed by atoms with Crippen LogP contribution in [0.25, 0.3) is 10.1 Å². The summed E-state index contributed by atoms with van der Waals surface area (Å²) in [6.45, 7) is 0. The fourth-order valence-electron chi connectivity index (χ4n) is 1.32. The van der Waals surface area contributed by atoms with E-state index in [4.69, 9.17) is 0 Å². The number of halogens is 1. The Labute approximate surface area is 84.8 Å². The Morgan fingerprint density at radius 1 is 1.46 bits per heavy atom. The van der Waals surface area contributed by atoms with Crippen molar-refractivity contribution >= 4 is 33.2 Å². The summed E-state index contributed by atoms with van der Waals surface area (Å²) in [5.41, 5.74) is 1.31. The molecule has 0 unspecified atom stereocenters. The maximum Gasteiger partial charge on any atom is 0.124 e. The Balaban J connectivity index is 2.55.